The van der Waals surface area contributed by atoms with E-state index in [9.17, 15) is 4.79 Å². The Kier molecular flexibility index (Phi) is 5.87. The van der Waals surface area contributed by atoms with E-state index in [4.69, 9.17) is 33.7 Å². The Hall–Kier alpha value is -0.770. The molecule has 1 aromatic rings. The van der Waals surface area contributed by atoms with Crippen LogP contribution in [-0.4, -0.2) is 17.6 Å². The number of carbonyl (C=O) groups is 1. The van der Waals surface area contributed by atoms with Crippen LogP contribution in [0.2, 0.25) is 10.0 Å². The van der Waals surface area contributed by atoms with E-state index in [1.807, 2.05) is 39.8 Å². The molecular weight excluding hydrogens is 297 g/mol. The zero-order valence-corrected chi connectivity index (χ0v) is 13.8. The summed E-state index contributed by atoms with van der Waals surface area (Å²) in [5.74, 6) is -0.350. The first-order chi connectivity index (χ1) is 9.10. The standard InChI is InChI=1S/C15H21Cl2NO2/c1-9(2)13(18)14(19)20-15(3,4)8-10-5-11(16)7-12(17)6-10/h5-7,9,13H,8,18H2,1-4H3. The topological polar surface area (TPSA) is 52.3 Å². The van der Waals surface area contributed by atoms with Gasteiger partial charge in [-0.3, -0.25) is 4.79 Å². The van der Waals surface area contributed by atoms with Gasteiger partial charge in [-0.15, -0.1) is 0 Å². The van der Waals surface area contributed by atoms with E-state index in [-0.39, 0.29) is 5.92 Å². The highest BCUT2D eigenvalue weighted by Gasteiger charge is 2.28. The number of carbonyl (C=O) groups excluding carboxylic acids is 1. The predicted molar refractivity (Wildman–Crippen MR) is 83.2 cm³/mol. The lowest BCUT2D eigenvalue weighted by molar-refractivity contribution is -0.159. The normalized spacial score (nSPS) is 13.4. The Balaban J connectivity index is 2.76. The summed E-state index contributed by atoms with van der Waals surface area (Å²) < 4.78 is 5.49. The van der Waals surface area contributed by atoms with E-state index in [1.54, 1.807) is 6.07 Å². The molecule has 0 saturated heterocycles. The molecule has 0 aromatic heterocycles. The average molecular weight is 318 g/mol. The fourth-order valence-electron chi connectivity index (χ4n) is 1.85. The van der Waals surface area contributed by atoms with E-state index in [1.165, 1.54) is 0 Å². The van der Waals surface area contributed by atoms with Crippen molar-refractivity contribution in [3.8, 4) is 0 Å². The van der Waals surface area contributed by atoms with Gasteiger partial charge in [0.2, 0.25) is 0 Å². The summed E-state index contributed by atoms with van der Waals surface area (Å²) in [5.41, 5.74) is 6.04. The van der Waals surface area contributed by atoms with Crippen molar-refractivity contribution >= 4 is 29.2 Å². The molecule has 0 fully saturated rings. The van der Waals surface area contributed by atoms with Gasteiger partial charge in [0.25, 0.3) is 0 Å². The van der Waals surface area contributed by atoms with Gasteiger partial charge >= 0.3 is 5.97 Å². The minimum atomic E-state index is -0.669. The highest BCUT2D eigenvalue weighted by Crippen LogP contribution is 2.24. The second-order valence-electron chi connectivity index (χ2n) is 5.91. The van der Waals surface area contributed by atoms with E-state index in [2.05, 4.69) is 0 Å². The lowest BCUT2D eigenvalue weighted by atomic mass is 9.97. The molecule has 0 radical (unpaired) electrons. The molecule has 5 heteroatoms. The predicted octanol–water partition coefficient (Wildman–Crippen LogP) is 3.84. The molecule has 0 aliphatic carbocycles. The van der Waals surface area contributed by atoms with Crippen molar-refractivity contribution in [3.05, 3.63) is 33.8 Å². The molecule has 20 heavy (non-hydrogen) atoms. The van der Waals surface area contributed by atoms with Crippen LogP contribution < -0.4 is 5.73 Å². The van der Waals surface area contributed by atoms with Gasteiger partial charge in [-0.2, -0.15) is 0 Å². The third-order valence-corrected chi connectivity index (χ3v) is 3.36. The van der Waals surface area contributed by atoms with Crippen LogP contribution in [-0.2, 0) is 16.0 Å². The second-order valence-corrected chi connectivity index (χ2v) is 6.78. The molecule has 2 N–H and O–H groups in total. The molecule has 1 rings (SSSR count). The minimum absolute atomic E-state index is 0.0407. The maximum absolute atomic E-state index is 11.9. The Morgan fingerprint density at radius 2 is 1.75 bits per heavy atom. The summed E-state index contributed by atoms with van der Waals surface area (Å²) in [6.45, 7) is 7.45. The number of hydrogen-bond donors (Lipinski definition) is 1. The monoisotopic (exact) mass is 317 g/mol. The molecular formula is C15H21Cl2NO2. The van der Waals surface area contributed by atoms with Crippen LogP contribution in [0.1, 0.15) is 33.3 Å². The number of benzene rings is 1. The molecule has 1 unspecified atom stereocenters. The van der Waals surface area contributed by atoms with Crippen molar-refractivity contribution < 1.29 is 9.53 Å². The quantitative estimate of drug-likeness (QED) is 0.839. The maximum Gasteiger partial charge on any atom is 0.323 e. The van der Waals surface area contributed by atoms with Gasteiger partial charge in [-0.25, -0.2) is 0 Å². The van der Waals surface area contributed by atoms with Gasteiger partial charge in [0.15, 0.2) is 0 Å². The number of hydrogen-bond acceptors (Lipinski definition) is 3. The third-order valence-electron chi connectivity index (χ3n) is 2.92. The van der Waals surface area contributed by atoms with Gasteiger partial charge in [0, 0.05) is 16.5 Å². The van der Waals surface area contributed by atoms with Gasteiger partial charge in [-0.05, 0) is 43.5 Å². The van der Waals surface area contributed by atoms with Crippen molar-refractivity contribution in [1.82, 2.24) is 0 Å². The largest absolute Gasteiger partial charge is 0.458 e. The van der Waals surface area contributed by atoms with Crippen LogP contribution in [0.25, 0.3) is 0 Å². The first kappa shape index (κ1) is 17.3. The summed E-state index contributed by atoms with van der Waals surface area (Å²) >= 11 is 11.9. The minimum Gasteiger partial charge on any atom is -0.458 e. The van der Waals surface area contributed by atoms with Gasteiger partial charge in [-0.1, -0.05) is 37.0 Å². The number of esters is 1. The molecule has 0 heterocycles. The zero-order valence-electron chi connectivity index (χ0n) is 12.2. The third kappa shape index (κ3) is 5.31. The van der Waals surface area contributed by atoms with Crippen molar-refractivity contribution in [2.75, 3.05) is 0 Å². The van der Waals surface area contributed by atoms with Crippen LogP contribution >= 0.6 is 23.2 Å². The highest BCUT2D eigenvalue weighted by molar-refractivity contribution is 6.34. The smallest absolute Gasteiger partial charge is 0.323 e. The van der Waals surface area contributed by atoms with Crippen LogP contribution in [0.5, 0.6) is 0 Å². The lowest BCUT2D eigenvalue weighted by Crippen LogP contribution is -2.42. The van der Waals surface area contributed by atoms with E-state index >= 15 is 0 Å². The summed E-state index contributed by atoms with van der Waals surface area (Å²) in [4.78, 5) is 11.9. The molecule has 0 aliphatic heterocycles. The molecule has 0 saturated carbocycles. The second kappa shape index (κ2) is 6.79. The lowest BCUT2D eigenvalue weighted by Gasteiger charge is -2.28. The SMILES string of the molecule is CC(C)C(N)C(=O)OC(C)(C)Cc1cc(Cl)cc(Cl)c1. The van der Waals surface area contributed by atoms with Gasteiger partial charge in [0.05, 0.1) is 0 Å². The summed E-state index contributed by atoms with van der Waals surface area (Å²) in [7, 11) is 0. The van der Waals surface area contributed by atoms with E-state index in [0.29, 0.717) is 16.5 Å². The first-order valence-electron chi connectivity index (χ1n) is 6.54. The average Bonchev–Trinajstić information content (AvgIpc) is 2.24. The Labute approximate surface area is 130 Å². The molecule has 0 aliphatic rings. The Morgan fingerprint density at radius 3 is 2.20 bits per heavy atom. The fourth-order valence-corrected chi connectivity index (χ4v) is 2.42. The molecule has 1 aromatic carbocycles. The number of ether oxygens (including phenoxy) is 1. The molecule has 0 amide bonds. The fraction of sp³-hybridized carbons (Fsp3) is 0.533. The van der Waals surface area contributed by atoms with Crippen molar-refractivity contribution in [2.45, 2.75) is 45.8 Å². The Morgan fingerprint density at radius 1 is 1.25 bits per heavy atom. The van der Waals surface area contributed by atoms with E-state index < -0.39 is 17.6 Å². The molecule has 0 bridgehead atoms. The van der Waals surface area contributed by atoms with Crippen LogP contribution in [0.3, 0.4) is 0 Å². The van der Waals surface area contributed by atoms with Crippen LogP contribution in [0, 0.1) is 5.92 Å². The molecule has 3 nitrogen and oxygen atoms in total. The van der Waals surface area contributed by atoms with Crippen molar-refractivity contribution in [3.63, 3.8) is 0 Å². The summed E-state index contributed by atoms with van der Waals surface area (Å²) in [6, 6.07) is 4.68. The number of rotatable bonds is 5. The van der Waals surface area contributed by atoms with E-state index in [0.717, 1.165) is 5.56 Å². The molecule has 0 spiro atoms. The number of halogens is 2. The molecule has 1 atom stereocenters. The van der Waals surface area contributed by atoms with Crippen LogP contribution in [0.4, 0.5) is 0 Å². The van der Waals surface area contributed by atoms with Crippen LogP contribution in [0.15, 0.2) is 18.2 Å². The van der Waals surface area contributed by atoms with Gasteiger partial charge < -0.3 is 10.5 Å². The van der Waals surface area contributed by atoms with Gasteiger partial charge in [0.1, 0.15) is 11.6 Å². The number of nitrogens with two attached hydrogens (primary N) is 1. The highest BCUT2D eigenvalue weighted by atomic mass is 35.5. The maximum atomic E-state index is 11.9. The zero-order chi connectivity index (χ0) is 15.5. The molecule has 112 valence electrons. The summed E-state index contributed by atoms with van der Waals surface area (Å²) in [5, 5.41) is 1.13. The first-order valence-corrected chi connectivity index (χ1v) is 7.30. The Bertz CT molecular complexity index is 467. The van der Waals surface area contributed by atoms with Crippen molar-refractivity contribution in [2.24, 2.45) is 11.7 Å². The summed E-state index contributed by atoms with van der Waals surface area (Å²) in [6.07, 6.45) is 0.518. The van der Waals surface area contributed by atoms with Crippen molar-refractivity contribution in [1.29, 1.82) is 0 Å².